The SMILES string of the molecule is CCc1ccc(Nc2cc(F)c(F)cc2N)cc1. The highest BCUT2D eigenvalue weighted by atomic mass is 19.2. The molecular weight excluding hydrogens is 234 g/mol. The summed E-state index contributed by atoms with van der Waals surface area (Å²) in [5, 5.41) is 2.96. The molecule has 0 saturated heterocycles. The first-order valence-corrected chi connectivity index (χ1v) is 5.70. The van der Waals surface area contributed by atoms with Crippen molar-refractivity contribution < 1.29 is 8.78 Å². The molecule has 0 unspecified atom stereocenters. The number of anilines is 3. The molecule has 0 bridgehead atoms. The van der Waals surface area contributed by atoms with E-state index in [-0.39, 0.29) is 5.69 Å². The van der Waals surface area contributed by atoms with Crippen molar-refractivity contribution >= 4 is 17.1 Å². The predicted octanol–water partition coefficient (Wildman–Crippen LogP) is 3.85. The second-order valence-electron chi connectivity index (χ2n) is 4.03. The molecule has 0 spiro atoms. The van der Waals surface area contributed by atoms with Crippen LogP contribution in [-0.2, 0) is 6.42 Å². The van der Waals surface area contributed by atoms with Gasteiger partial charge in [-0.2, -0.15) is 0 Å². The molecule has 0 aliphatic heterocycles. The van der Waals surface area contributed by atoms with Crippen LogP contribution in [0.2, 0.25) is 0 Å². The Kier molecular flexibility index (Phi) is 3.46. The number of halogens is 2. The molecular formula is C14H14F2N2. The molecule has 18 heavy (non-hydrogen) atoms. The molecule has 0 saturated carbocycles. The zero-order valence-electron chi connectivity index (χ0n) is 10.0. The summed E-state index contributed by atoms with van der Waals surface area (Å²) >= 11 is 0. The van der Waals surface area contributed by atoms with Crippen LogP contribution in [0.15, 0.2) is 36.4 Å². The van der Waals surface area contributed by atoms with Gasteiger partial charge < -0.3 is 11.1 Å². The molecule has 2 aromatic carbocycles. The first-order chi connectivity index (χ1) is 8.60. The van der Waals surface area contributed by atoms with Gasteiger partial charge in [-0.25, -0.2) is 8.78 Å². The van der Waals surface area contributed by atoms with E-state index in [1.54, 1.807) is 0 Å². The van der Waals surface area contributed by atoms with Crippen LogP contribution in [0.4, 0.5) is 25.8 Å². The third kappa shape index (κ3) is 2.59. The van der Waals surface area contributed by atoms with Crippen molar-refractivity contribution in [3.63, 3.8) is 0 Å². The Bertz CT molecular complexity index is 550. The molecule has 2 rings (SSSR count). The summed E-state index contributed by atoms with van der Waals surface area (Å²) in [5.41, 5.74) is 8.15. The summed E-state index contributed by atoms with van der Waals surface area (Å²) in [6, 6.07) is 9.71. The number of aryl methyl sites for hydroxylation is 1. The van der Waals surface area contributed by atoms with Crippen LogP contribution in [0.1, 0.15) is 12.5 Å². The van der Waals surface area contributed by atoms with Gasteiger partial charge in [0.05, 0.1) is 11.4 Å². The molecule has 0 aliphatic rings. The molecule has 0 heterocycles. The van der Waals surface area contributed by atoms with E-state index in [2.05, 4.69) is 12.2 Å². The third-order valence-electron chi connectivity index (χ3n) is 2.73. The fourth-order valence-corrected chi connectivity index (χ4v) is 1.65. The van der Waals surface area contributed by atoms with Crippen molar-refractivity contribution in [3.8, 4) is 0 Å². The van der Waals surface area contributed by atoms with Crippen LogP contribution >= 0.6 is 0 Å². The standard InChI is InChI=1S/C14H14F2N2/c1-2-9-3-5-10(6-4-9)18-14-8-12(16)11(15)7-13(14)17/h3-8,18H,2,17H2,1H3. The lowest BCUT2D eigenvalue weighted by atomic mass is 10.1. The quantitative estimate of drug-likeness (QED) is 0.809. The summed E-state index contributed by atoms with van der Waals surface area (Å²) in [7, 11) is 0. The topological polar surface area (TPSA) is 38.0 Å². The maximum atomic E-state index is 13.1. The van der Waals surface area contributed by atoms with Gasteiger partial charge in [0.2, 0.25) is 0 Å². The Labute approximate surface area is 104 Å². The number of nitrogens with two attached hydrogens (primary N) is 1. The van der Waals surface area contributed by atoms with E-state index in [1.165, 1.54) is 5.56 Å². The van der Waals surface area contributed by atoms with Gasteiger partial charge in [-0.05, 0) is 24.1 Å². The average Bonchev–Trinajstić information content (AvgIpc) is 2.37. The lowest BCUT2D eigenvalue weighted by Gasteiger charge is -2.10. The van der Waals surface area contributed by atoms with Crippen molar-refractivity contribution in [1.29, 1.82) is 0 Å². The van der Waals surface area contributed by atoms with E-state index >= 15 is 0 Å². The molecule has 0 radical (unpaired) electrons. The third-order valence-corrected chi connectivity index (χ3v) is 2.73. The highest BCUT2D eigenvalue weighted by molar-refractivity contribution is 5.72. The Morgan fingerprint density at radius 2 is 1.67 bits per heavy atom. The molecule has 0 fully saturated rings. The fourth-order valence-electron chi connectivity index (χ4n) is 1.65. The Balaban J connectivity index is 2.25. The average molecular weight is 248 g/mol. The minimum atomic E-state index is -0.945. The zero-order valence-corrected chi connectivity index (χ0v) is 10.0. The van der Waals surface area contributed by atoms with E-state index in [9.17, 15) is 8.78 Å². The second kappa shape index (κ2) is 5.04. The number of nitrogen functional groups attached to an aromatic ring is 1. The minimum absolute atomic E-state index is 0.175. The summed E-state index contributed by atoms with van der Waals surface area (Å²) < 4.78 is 26.0. The number of rotatable bonds is 3. The molecule has 0 aliphatic carbocycles. The number of hydrogen-bond acceptors (Lipinski definition) is 2. The van der Waals surface area contributed by atoms with Gasteiger partial charge in [0.1, 0.15) is 0 Å². The summed E-state index contributed by atoms with van der Waals surface area (Å²) in [4.78, 5) is 0. The van der Waals surface area contributed by atoms with E-state index in [1.807, 2.05) is 24.3 Å². The Morgan fingerprint density at radius 3 is 2.28 bits per heavy atom. The lowest BCUT2D eigenvalue weighted by Crippen LogP contribution is -1.99. The van der Waals surface area contributed by atoms with Gasteiger partial charge in [-0.3, -0.25) is 0 Å². The first kappa shape index (κ1) is 12.4. The molecule has 3 N–H and O–H groups in total. The first-order valence-electron chi connectivity index (χ1n) is 5.70. The summed E-state index contributed by atoms with van der Waals surface area (Å²) in [6.07, 6.45) is 0.952. The normalized spacial score (nSPS) is 10.4. The van der Waals surface area contributed by atoms with Crippen molar-refractivity contribution in [2.45, 2.75) is 13.3 Å². The van der Waals surface area contributed by atoms with Gasteiger partial charge in [0.25, 0.3) is 0 Å². The predicted molar refractivity (Wildman–Crippen MR) is 69.9 cm³/mol. The minimum Gasteiger partial charge on any atom is -0.397 e. The van der Waals surface area contributed by atoms with Gasteiger partial charge in [0.15, 0.2) is 11.6 Å². The smallest absolute Gasteiger partial charge is 0.161 e. The maximum Gasteiger partial charge on any atom is 0.161 e. The Hall–Kier alpha value is -2.10. The van der Waals surface area contributed by atoms with Crippen LogP contribution in [0.3, 0.4) is 0 Å². The van der Waals surface area contributed by atoms with Crippen LogP contribution in [0.5, 0.6) is 0 Å². The zero-order chi connectivity index (χ0) is 13.1. The highest BCUT2D eigenvalue weighted by Crippen LogP contribution is 2.25. The van der Waals surface area contributed by atoms with Gasteiger partial charge in [0, 0.05) is 17.8 Å². The Morgan fingerprint density at radius 1 is 1.06 bits per heavy atom. The largest absolute Gasteiger partial charge is 0.397 e. The van der Waals surface area contributed by atoms with Crippen LogP contribution < -0.4 is 11.1 Å². The van der Waals surface area contributed by atoms with Crippen LogP contribution in [0, 0.1) is 11.6 Å². The van der Waals surface area contributed by atoms with Crippen molar-refractivity contribution in [2.24, 2.45) is 0 Å². The molecule has 4 heteroatoms. The lowest BCUT2D eigenvalue weighted by molar-refractivity contribution is 0.509. The van der Waals surface area contributed by atoms with Crippen molar-refractivity contribution in [2.75, 3.05) is 11.1 Å². The summed E-state index contributed by atoms with van der Waals surface area (Å²) in [5.74, 6) is -1.86. The molecule has 2 aromatic rings. The molecule has 0 atom stereocenters. The second-order valence-corrected chi connectivity index (χ2v) is 4.03. The van der Waals surface area contributed by atoms with E-state index < -0.39 is 11.6 Å². The fraction of sp³-hybridized carbons (Fsp3) is 0.143. The van der Waals surface area contributed by atoms with Crippen molar-refractivity contribution in [1.82, 2.24) is 0 Å². The van der Waals surface area contributed by atoms with Crippen molar-refractivity contribution in [3.05, 3.63) is 53.6 Å². The van der Waals surface area contributed by atoms with Crippen LogP contribution in [-0.4, -0.2) is 0 Å². The summed E-state index contributed by atoms with van der Waals surface area (Å²) in [6.45, 7) is 2.07. The molecule has 2 nitrogen and oxygen atoms in total. The number of hydrogen-bond donors (Lipinski definition) is 2. The van der Waals surface area contributed by atoms with E-state index in [0.29, 0.717) is 5.69 Å². The highest BCUT2D eigenvalue weighted by Gasteiger charge is 2.07. The van der Waals surface area contributed by atoms with E-state index in [0.717, 1.165) is 24.2 Å². The van der Waals surface area contributed by atoms with Gasteiger partial charge in [-0.15, -0.1) is 0 Å². The number of benzene rings is 2. The monoisotopic (exact) mass is 248 g/mol. The molecule has 94 valence electrons. The van der Waals surface area contributed by atoms with Gasteiger partial charge >= 0.3 is 0 Å². The van der Waals surface area contributed by atoms with Gasteiger partial charge in [-0.1, -0.05) is 19.1 Å². The molecule has 0 amide bonds. The molecule has 0 aromatic heterocycles. The maximum absolute atomic E-state index is 13.1. The van der Waals surface area contributed by atoms with E-state index in [4.69, 9.17) is 5.73 Å². The van der Waals surface area contributed by atoms with Crippen LogP contribution in [0.25, 0.3) is 0 Å². The number of nitrogens with one attached hydrogen (secondary N) is 1.